The molecule has 0 bridgehead atoms. The summed E-state index contributed by atoms with van der Waals surface area (Å²) in [6, 6.07) is 14.5. The van der Waals surface area contributed by atoms with Gasteiger partial charge in [0.25, 0.3) is 0 Å². The molecule has 0 aliphatic carbocycles. The maximum Gasteiger partial charge on any atom is 0.167 e. The van der Waals surface area contributed by atoms with E-state index in [1.807, 2.05) is 30.3 Å². The van der Waals surface area contributed by atoms with Crippen molar-refractivity contribution in [1.29, 1.82) is 0 Å². The highest BCUT2D eigenvalue weighted by atomic mass is 16.3. The van der Waals surface area contributed by atoms with E-state index < -0.39 is 0 Å². The zero-order chi connectivity index (χ0) is 13.0. The minimum atomic E-state index is -0.000784. The van der Waals surface area contributed by atoms with E-state index in [0.29, 0.717) is 17.7 Å². The Morgan fingerprint density at radius 3 is 2.50 bits per heavy atom. The van der Waals surface area contributed by atoms with Crippen LogP contribution >= 0.6 is 0 Å². The van der Waals surface area contributed by atoms with E-state index in [1.165, 1.54) is 6.07 Å². The fraction of sp³-hybridized carbons (Fsp3) is 0.133. The van der Waals surface area contributed by atoms with E-state index in [1.54, 1.807) is 19.2 Å². The van der Waals surface area contributed by atoms with Crippen molar-refractivity contribution in [1.82, 2.24) is 0 Å². The number of hydrogen-bond acceptors (Lipinski definition) is 3. The van der Waals surface area contributed by atoms with E-state index >= 15 is 0 Å². The van der Waals surface area contributed by atoms with Gasteiger partial charge in [-0.15, -0.1) is 0 Å². The molecule has 0 radical (unpaired) electrons. The monoisotopic (exact) mass is 241 g/mol. The van der Waals surface area contributed by atoms with Gasteiger partial charge in [-0.2, -0.15) is 0 Å². The van der Waals surface area contributed by atoms with Gasteiger partial charge in [0, 0.05) is 19.0 Å². The number of phenolic OH excluding ortho intramolecular Hbond substituents is 1. The Labute approximate surface area is 106 Å². The first-order valence-corrected chi connectivity index (χ1v) is 5.78. The number of phenols is 1. The predicted octanol–water partition coefficient (Wildman–Crippen LogP) is 2.86. The number of Topliss-reactive ketones (excluding diaryl/α,β-unsaturated/α-hetero) is 1. The van der Waals surface area contributed by atoms with Gasteiger partial charge in [-0.3, -0.25) is 4.79 Å². The number of anilines is 1. The van der Waals surface area contributed by atoms with E-state index in [9.17, 15) is 9.90 Å². The number of rotatable bonds is 4. The van der Waals surface area contributed by atoms with Crippen LogP contribution in [0.3, 0.4) is 0 Å². The second kappa shape index (κ2) is 5.36. The molecule has 0 aliphatic rings. The third-order valence-corrected chi connectivity index (χ3v) is 2.80. The van der Waals surface area contributed by atoms with Crippen molar-refractivity contribution in [2.45, 2.75) is 6.42 Å². The zero-order valence-corrected chi connectivity index (χ0v) is 10.2. The first-order valence-electron chi connectivity index (χ1n) is 5.78. The van der Waals surface area contributed by atoms with Crippen LogP contribution in [0.4, 0.5) is 5.69 Å². The summed E-state index contributed by atoms with van der Waals surface area (Å²) in [7, 11) is 1.72. The second-order valence-corrected chi connectivity index (χ2v) is 4.07. The molecule has 18 heavy (non-hydrogen) atoms. The van der Waals surface area contributed by atoms with Crippen molar-refractivity contribution < 1.29 is 9.90 Å². The topological polar surface area (TPSA) is 49.3 Å². The quantitative estimate of drug-likeness (QED) is 0.639. The molecule has 2 aromatic carbocycles. The summed E-state index contributed by atoms with van der Waals surface area (Å²) < 4.78 is 0. The lowest BCUT2D eigenvalue weighted by Gasteiger charge is -2.06. The lowest BCUT2D eigenvalue weighted by molar-refractivity contribution is 0.0992. The number of hydrogen-bond donors (Lipinski definition) is 2. The summed E-state index contributed by atoms with van der Waals surface area (Å²) in [5, 5.41) is 12.5. The standard InChI is InChI=1S/C15H15NO2/c1-16-13-8-7-12(10-15(13)18)14(17)9-11-5-3-2-4-6-11/h2-8,10,16,18H,9H2,1H3. The van der Waals surface area contributed by atoms with Gasteiger partial charge < -0.3 is 10.4 Å². The summed E-state index contributed by atoms with van der Waals surface area (Å²) in [4.78, 5) is 12.0. The molecule has 0 saturated carbocycles. The van der Waals surface area contributed by atoms with Crippen LogP contribution in [-0.2, 0) is 6.42 Å². The zero-order valence-electron chi connectivity index (χ0n) is 10.2. The Balaban J connectivity index is 2.17. The number of aromatic hydroxyl groups is 1. The van der Waals surface area contributed by atoms with Crippen LogP contribution in [0.2, 0.25) is 0 Å². The molecule has 2 aromatic rings. The molecule has 0 spiro atoms. The molecule has 0 aliphatic heterocycles. The smallest absolute Gasteiger partial charge is 0.167 e. The van der Waals surface area contributed by atoms with Crippen molar-refractivity contribution in [2.24, 2.45) is 0 Å². The van der Waals surface area contributed by atoms with Gasteiger partial charge >= 0.3 is 0 Å². The molecule has 0 unspecified atom stereocenters. The predicted molar refractivity (Wildman–Crippen MR) is 72.1 cm³/mol. The Morgan fingerprint density at radius 1 is 1.17 bits per heavy atom. The van der Waals surface area contributed by atoms with E-state index in [4.69, 9.17) is 0 Å². The van der Waals surface area contributed by atoms with Gasteiger partial charge in [0.1, 0.15) is 5.75 Å². The lowest BCUT2D eigenvalue weighted by atomic mass is 10.0. The van der Waals surface area contributed by atoms with E-state index in [-0.39, 0.29) is 11.5 Å². The first kappa shape index (κ1) is 12.2. The van der Waals surface area contributed by atoms with Crippen molar-refractivity contribution >= 4 is 11.5 Å². The van der Waals surface area contributed by atoms with Crippen LogP contribution in [0.15, 0.2) is 48.5 Å². The Kier molecular flexibility index (Phi) is 3.63. The van der Waals surface area contributed by atoms with Gasteiger partial charge in [-0.1, -0.05) is 30.3 Å². The average Bonchev–Trinajstić information content (AvgIpc) is 2.39. The molecular weight excluding hydrogens is 226 g/mol. The Bertz CT molecular complexity index is 550. The van der Waals surface area contributed by atoms with Gasteiger partial charge in [0.2, 0.25) is 0 Å². The molecular formula is C15H15NO2. The normalized spacial score (nSPS) is 10.1. The van der Waals surface area contributed by atoms with Crippen LogP contribution in [0, 0.1) is 0 Å². The number of benzene rings is 2. The molecule has 92 valence electrons. The van der Waals surface area contributed by atoms with Crippen LogP contribution in [-0.4, -0.2) is 17.9 Å². The highest BCUT2D eigenvalue weighted by Gasteiger charge is 2.09. The van der Waals surface area contributed by atoms with Gasteiger partial charge in [-0.25, -0.2) is 0 Å². The fourth-order valence-corrected chi connectivity index (χ4v) is 1.80. The molecule has 0 saturated heterocycles. The van der Waals surface area contributed by atoms with Crippen molar-refractivity contribution in [3.8, 4) is 5.75 Å². The fourth-order valence-electron chi connectivity index (χ4n) is 1.80. The molecule has 0 heterocycles. The highest BCUT2D eigenvalue weighted by molar-refractivity contribution is 5.98. The van der Waals surface area contributed by atoms with E-state index in [0.717, 1.165) is 5.56 Å². The number of carbonyl (C=O) groups excluding carboxylic acids is 1. The van der Waals surface area contributed by atoms with Gasteiger partial charge in [0.05, 0.1) is 5.69 Å². The highest BCUT2D eigenvalue weighted by Crippen LogP contribution is 2.24. The molecule has 0 fully saturated rings. The van der Waals surface area contributed by atoms with Crippen molar-refractivity contribution in [3.05, 3.63) is 59.7 Å². The van der Waals surface area contributed by atoms with E-state index in [2.05, 4.69) is 5.32 Å². The van der Waals surface area contributed by atoms with Crippen LogP contribution in [0.5, 0.6) is 5.75 Å². The third-order valence-electron chi connectivity index (χ3n) is 2.80. The minimum Gasteiger partial charge on any atom is -0.506 e. The summed E-state index contributed by atoms with van der Waals surface area (Å²) in [5.41, 5.74) is 2.11. The molecule has 3 nitrogen and oxygen atoms in total. The molecule has 0 aromatic heterocycles. The summed E-state index contributed by atoms with van der Waals surface area (Å²) in [6.45, 7) is 0. The summed E-state index contributed by atoms with van der Waals surface area (Å²) in [5.74, 6) is 0.0931. The lowest BCUT2D eigenvalue weighted by Crippen LogP contribution is -2.03. The largest absolute Gasteiger partial charge is 0.506 e. The first-order chi connectivity index (χ1) is 8.70. The summed E-state index contributed by atoms with van der Waals surface area (Å²) in [6.07, 6.45) is 0.346. The molecule has 2 rings (SSSR count). The number of carbonyl (C=O) groups is 1. The molecule has 0 atom stereocenters. The SMILES string of the molecule is CNc1ccc(C(=O)Cc2ccccc2)cc1O. The van der Waals surface area contributed by atoms with Crippen LogP contribution in [0.25, 0.3) is 0 Å². The van der Waals surface area contributed by atoms with Crippen molar-refractivity contribution in [3.63, 3.8) is 0 Å². The molecule has 2 N–H and O–H groups in total. The molecule has 3 heteroatoms. The van der Waals surface area contributed by atoms with Crippen LogP contribution in [0.1, 0.15) is 15.9 Å². The molecule has 0 amide bonds. The number of nitrogens with one attached hydrogen (secondary N) is 1. The maximum absolute atomic E-state index is 12.0. The number of ketones is 1. The second-order valence-electron chi connectivity index (χ2n) is 4.07. The Morgan fingerprint density at radius 2 is 1.89 bits per heavy atom. The van der Waals surface area contributed by atoms with Gasteiger partial charge in [-0.05, 0) is 23.8 Å². The minimum absolute atomic E-state index is 0.000784. The maximum atomic E-state index is 12.0. The Hall–Kier alpha value is -2.29. The summed E-state index contributed by atoms with van der Waals surface area (Å²) >= 11 is 0. The average molecular weight is 241 g/mol. The van der Waals surface area contributed by atoms with Crippen molar-refractivity contribution in [2.75, 3.05) is 12.4 Å². The van der Waals surface area contributed by atoms with Gasteiger partial charge in [0.15, 0.2) is 5.78 Å². The third kappa shape index (κ3) is 2.69. The van der Waals surface area contributed by atoms with Crippen LogP contribution < -0.4 is 5.32 Å².